The van der Waals surface area contributed by atoms with E-state index in [-0.39, 0.29) is 36.6 Å². The number of carbonyl (C=O) groups excluding carboxylic acids is 1. The molecule has 2 rings (SSSR count). The average molecular weight is 392 g/mol. The maximum absolute atomic E-state index is 12.1. The summed E-state index contributed by atoms with van der Waals surface area (Å²) in [4.78, 5) is 14.4. The van der Waals surface area contributed by atoms with Gasteiger partial charge in [-0.2, -0.15) is 0 Å². The molecule has 0 aliphatic carbocycles. The van der Waals surface area contributed by atoms with Crippen LogP contribution in [0.15, 0.2) is 30.3 Å². The van der Waals surface area contributed by atoms with Crippen molar-refractivity contribution in [1.82, 2.24) is 10.2 Å². The molecule has 0 spiro atoms. The molecule has 1 aliphatic heterocycles. The summed E-state index contributed by atoms with van der Waals surface area (Å²) < 4.78 is 5.31. The number of benzene rings is 1. The van der Waals surface area contributed by atoms with E-state index in [0.717, 1.165) is 45.6 Å². The van der Waals surface area contributed by atoms with Crippen LogP contribution in [0.2, 0.25) is 0 Å². The highest BCUT2D eigenvalue weighted by molar-refractivity contribution is 5.85. The fourth-order valence-electron chi connectivity index (χ4n) is 2.94. The molecule has 0 aromatic heterocycles. The van der Waals surface area contributed by atoms with Crippen LogP contribution in [0.4, 0.5) is 0 Å². The molecule has 1 saturated heterocycles. The van der Waals surface area contributed by atoms with Crippen molar-refractivity contribution in [1.29, 1.82) is 0 Å². The fourth-order valence-corrected chi connectivity index (χ4v) is 2.94. The Morgan fingerprint density at radius 2 is 1.92 bits per heavy atom. The van der Waals surface area contributed by atoms with Crippen molar-refractivity contribution < 1.29 is 9.53 Å². The van der Waals surface area contributed by atoms with Crippen molar-refractivity contribution in [2.75, 3.05) is 33.4 Å². The molecule has 1 unspecified atom stereocenters. The quantitative estimate of drug-likeness (QED) is 0.666. The third-order valence-corrected chi connectivity index (χ3v) is 4.39. The summed E-state index contributed by atoms with van der Waals surface area (Å²) in [5, 5.41) is 2.97. The summed E-state index contributed by atoms with van der Waals surface area (Å²) in [6.07, 6.45) is 2.69. The van der Waals surface area contributed by atoms with E-state index in [1.807, 2.05) is 6.07 Å². The zero-order chi connectivity index (χ0) is 16.5. The van der Waals surface area contributed by atoms with Crippen LogP contribution in [-0.4, -0.2) is 50.2 Å². The Kier molecular flexibility index (Phi) is 12.9. The predicted octanol–water partition coefficient (Wildman–Crippen LogP) is 2.22. The number of nitrogens with one attached hydrogen (secondary N) is 1. The number of ether oxygens (including phenoxy) is 1. The van der Waals surface area contributed by atoms with Crippen molar-refractivity contribution in [2.24, 2.45) is 11.7 Å². The third-order valence-electron chi connectivity index (χ3n) is 4.39. The number of halogens is 2. The highest BCUT2D eigenvalue weighted by Gasteiger charge is 2.26. The first-order valence-electron chi connectivity index (χ1n) is 8.50. The molecule has 1 aromatic carbocycles. The molecule has 5 nitrogen and oxygen atoms in total. The number of nitrogens with two attached hydrogens (primary N) is 1. The van der Waals surface area contributed by atoms with Gasteiger partial charge in [-0.05, 0) is 44.3 Å². The molecule has 7 heteroatoms. The smallest absolute Gasteiger partial charge is 0.237 e. The monoisotopic (exact) mass is 391 g/mol. The molecule has 144 valence electrons. The van der Waals surface area contributed by atoms with Crippen molar-refractivity contribution in [2.45, 2.75) is 31.8 Å². The van der Waals surface area contributed by atoms with Gasteiger partial charge in [0.2, 0.25) is 5.91 Å². The second-order valence-corrected chi connectivity index (χ2v) is 6.34. The summed E-state index contributed by atoms with van der Waals surface area (Å²) in [6, 6.07) is 10.0. The zero-order valence-corrected chi connectivity index (χ0v) is 16.5. The van der Waals surface area contributed by atoms with Gasteiger partial charge in [0.25, 0.3) is 0 Å². The summed E-state index contributed by atoms with van der Waals surface area (Å²) in [7, 11) is 2.10. The predicted molar refractivity (Wildman–Crippen MR) is 106 cm³/mol. The number of rotatable bonds is 8. The van der Waals surface area contributed by atoms with Crippen LogP contribution in [0.1, 0.15) is 24.8 Å². The maximum atomic E-state index is 12.1. The molecule has 1 heterocycles. The van der Waals surface area contributed by atoms with Gasteiger partial charge in [0, 0.05) is 26.3 Å². The molecule has 0 saturated carbocycles. The van der Waals surface area contributed by atoms with Crippen molar-refractivity contribution in [3.63, 3.8) is 0 Å². The van der Waals surface area contributed by atoms with Crippen molar-refractivity contribution >= 4 is 30.7 Å². The largest absolute Gasteiger partial charge is 0.381 e. The van der Waals surface area contributed by atoms with E-state index in [9.17, 15) is 4.79 Å². The molecule has 3 N–H and O–H groups in total. The van der Waals surface area contributed by atoms with E-state index in [4.69, 9.17) is 10.5 Å². The van der Waals surface area contributed by atoms with Gasteiger partial charge in [0.15, 0.2) is 0 Å². The second-order valence-electron chi connectivity index (χ2n) is 6.34. The van der Waals surface area contributed by atoms with Crippen molar-refractivity contribution in [3.8, 4) is 0 Å². The van der Waals surface area contributed by atoms with Gasteiger partial charge in [0.1, 0.15) is 0 Å². The van der Waals surface area contributed by atoms with Gasteiger partial charge in [-0.1, -0.05) is 30.3 Å². The molecule has 0 bridgehead atoms. The van der Waals surface area contributed by atoms with Gasteiger partial charge in [-0.15, -0.1) is 24.8 Å². The van der Waals surface area contributed by atoms with E-state index in [1.54, 1.807) is 0 Å². The first-order chi connectivity index (χ1) is 11.2. The van der Waals surface area contributed by atoms with Gasteiger partial charge < -0.3 is 20.7 Å². The van der Waals surface area contributed by atoms with Crippen LogP contribution in [0.5, 0.6) is 0 Å². The minimum atomic E-state index is -0.402. The number of amides is 1. The average Bonchev–Trinajstić information content (AvgIpc) is 2.59. The van der Waals surface area contributed by atoms with E-state index >= 15 is 0 Å². The molecule has 1 atom stereocenters. The van der Waals surface area contributed by atoms with Crippen LogP contribution in [0.3, 0.4) is 0 Å². The molecule has 1 amide bonds. The normalized spacial score (nSPS) is 15.8. The Labute approximate surface area is 163 Å². The molecule has 1 aliphatic rings. The van der Waals surface area contributed by atoms with Crippen LogP contribution >= 0.6 is 24.8 Å². The summed E-state index contributed by atoms with van der Waals surface area (Å²) in [5.41, 5.74) is 7.36. The minimum absolute atomic E-state index is 0. The number of carbonyl (C=O) groups is 1. The van der Waals surface area contributed by atoms with Crippen molar-refractivity contribution in [3.05, 3.63) is 35.9 Å². The summed E-state index contributed by atoms with van der Waals surface area (Å²) >= 11 is 0. The molecule has 1 fully saturated rings. The number of nitrogens with zero attached hydrogens (tertiary/aromatic N) is 1. The Hall–Kier alpha value is -0.850. The second kappa shape index (κ2) is 13.4. The molecule has 25 heavy (non-hydrogen) atoms. The third kappa shape index (κ3) is 8.88. The van der Waals surface area contributed by atoms with Crippen LogP contribution in [0.25, 0.3) is 0 Å². The lowest BCUT2D eigenvalue weighted by molar-refractivity contribution is -0.124. The first kappa shape index (κ1) is 24.1. The number of hydrogen-bond donors (Lipinski definition) is 2. The Balaban J connectivity index is 0.00000288. The SMILES string of the molecule is CN(CCCNC(=O)C(N)C1CCOCC1)Cc1ccccc1.Cl.Cl. The topological polar surface area (TPSA) is 67.6 Å². The highest BCUT2D eigenvalue weighted by Crippen LogP contribution is 2.17. The first-order valence-corrected chi connectivity index (χ1v) is 8.50. The van der Waals surface area contributed by atoms with Gasteiger partial charge in [-0.25, -0.2) is 0 Å². The van der Waals surface area contributed by atoms with Gasteiger partial charge in [0.05, 0.1) is 6.04 Å². The van der Waals surface area contributed by atoms with E-state index < -0.39 is 6.04 Å². The highest BCUT2D eigenvalue weighted by atomic mass is 35.5. The molecule has 0 radical (unpaired) electrons. The van der Waals surface area contributed by atoms with Gasteiger partial charge in [-0.3, -0.25) is 4.79 Å². The summed E-state index contributed by atoms with van der Waals surface area (Å²) in [5.74, 6) is 0.229. The Bertz CT molecular complexity index is 471. The lowest BCUT2D eigenvalue weighted by Crippen LogP contribution is -2.47. The molecular formula is C18H31Cl2N3O2. The van der Waals surface area contributed by atoms with E-state index in [1.165, 1.54) is 5.56 Å². The Morgan fingerprint density at radius 3 is 2.56 bits per heavy atom. The maximum Gasteiger partial charge on any atom is 0.237 e. The minimum Gasteiger partial charge on any atom is -0.381 e. The van der Waals surface area contributed by atoms with Gasteiger partial charge >= 0.3 is 0 Å². The van der Waals surface area contributed by atoms with Crippen LogP contribution in [-0.2, 0) is 16.1 Å². The van der Waals surface area contributed by atoms with E-state index in [0.29, 0.717) is 6.54 Å². The lowest BCUT2D eigenvalue weighted by atomic mass is 9.92. The van der Waals surface area contributed by atoms with Crippen LogP contribution in [0, 0.1) is 5.92 Å². The number of hydrogen-bond acceptors (Lipinski definition) is 4. The zero-order valence-electron chi connectivity index (χ0n) is 14.9. The summed E-state index contributed by atoms with van der Waals surface area (Å²) in [6.45, 7) is 3.98. The molecular weight excluding hydrogens is 361 g/mol. The fraction of sp³-hybridized carbons (Fsp3) is 0.611. The van der Waals surface area contributed by atoms with E-state index in [2.05, 4.69) is 41.5 Å². The standard InChI is InChI=1S/C18H29N3O2.2ClH/c1-21(14-15-6-3-2-4-7-15)11-5-10-20-18(22)17(19)16-8-12-23-13-9-16;;/h2-4,6-7,16-17H,5,8-14,19H2,1H3,(H,20,22);2*1H. The lowest BCUT2D eigenvalue weighted by Gasteiger charge is -2.26. The van der Waals surface area contributed by atoms with Crippen LogP contribution < -0.4 is 11.1 Å². The Morgan fingerprint density at radius 1 is 1.28 bits per heavy atom. The molecule has 1 aromatic rings.